The second kappa shape index (κ2) is 8.84. The van der Waals surface area contributed by atoms with Gasteiger partial charge in [-0.3, -0.25) is 14.9 Å². The van der Waals surface area contributed by atoms with Crippen LogP contribution in [-0.2, 0) is 0 Å². The fraction of sp³-hybridized carbons (Fsp3) is 0.562. The van der Waals surface area contributed by atoms with Gasteiger partial charge in [-0.25, -0.2) is 0 Å². The van der Waals surface area contributed by atoms with Crippen LogP contribution in [0.4, 0.5) is 5.69 Å². The molecule has 0 bridgehead atoms. The summed E-state index contributed by atoms with van der Waals surface area (Å²) in [6.45, 7) is 1.06. The molecule has 0 radical (unpaired) electrons. The van der Waals surface area contributed by atoms with Gasteiger partial charge in [0.15, 0.2) is 0 Å². The van der Waals surface area contributed by atoms with Crippen LogP contribution in [0.15, 0.2) is 18.2 Å². The van der Waals surface area contributed by atoms with Crippen LogP contribution in [0.3, 0.4) is 0 Å². The molecule has 0 atom stereocenters. The molecule has 6 nitrogen and oxygen atoms in total. The number of halogens is 1. The fourth-order valence-corrected chi connectivity index (χ4v) is 3.17. The van der Waals surface area contributed by atoms with Crippen molar-refractivity contribution in [3.05, 3.63) is 38.9 Å². The van der Waals surface area contributed by atoms with E-state index in [1.54, 1.807) is 0 Å². The van der Waals surface area contributed by atoms with Crippen molar-refractivity contribution in [3.63, 3.8) is 0 Å². The molecule has 126 valence electrons. The van der Waals surface area contributed by atoms with Crippen LogP contribution in [-0.4, -0.2) is 30.0 Å². The normalized spacial score (nSPS) is 15.9. The number of nitro benzene ring substituents is 1. The zero-order valence-corrected chi connectivity index (χ0v) is 13.8. The molecule has 0 heterocycles. The maximum Gasteiger partial charge on any atom is 0.283 e. The van der Waals surface area contributed by atoms with E-state index in [2.05, 4.69) is 10.6 Å². The van der Waals surface area contributed by atoms with Gasteiger partial charge >= 0.3 is 0 Å². The van der Waals surface area contributed by atoms with Crippen molar-refractivity contribution in [2.75, 3.05) is 13.1 Å². The highest BCUT2D eigenvalue weighted by Crippen LogP contribution is 2.25. The second-order valence-corrected chi connectivity index (χ2v) is 6.20. The summed E-state index contributed by atoms with van der Waals surface area (Å²) in [4.78, 5) is 22.6. The monoisotopic (exact) mass is 339 g/mol. The summed E-state index contributed by atoms with van der Waals surface area (Å²) in [7, 11) is 0. The van der Waals surface area contributed by atoms with E-state index < -0.39 is 10.8 Å². The average Bonchev–Trinajstić information content (AvgIpc) is 2.79. The fourth-order valence-electron chi connectivity index (χ4n) is 2.91. The number of hydrogen-bond donors (Lipinski definition) is 2. The highest BCUT2D eigenvalue weighted by atomic mass is 35.5. The van der Waals surface area contributed by atoms with Gasteiger partial charge in [0, 0.05) is 25.2 Å². The number of benzene rings is 1. The Morgan fingerprint density at radius 1 is 1.22 bits per heavy atom. The summed E-state index contributed by atoms with van der Waals surface area (Å²) in [6.07, 6.45) is 7.43. The van der Waals surface area contributed by atoms with Crippen LogP contribution in [0.5, 0.6) is 0 Å². The molecule has 2 rings (SSSR count). The van der Waals surface area contributed by atoms with Gasteiger partial charge in [0.1, 0.15) is 5.56 Å². The number of amides is 1. The van der Waals surface area contributed by atoms with E-state index in [9.17, 15) is 14.9 Å². The topological polar surface area (TPSA) is 84.3 Å². The van der Waals surface area contributed by atoms with Crippen LogP contribution in [0.1, 0.15) is 48.9 Å². The van der Waals surface area contributed by atoms with E-state index in [-0.39, 0.29) is 16.3 Å². The molecule has 1 saturated carbocycles. The quantitative estimate of drug-likeness (QED) is 0.360. The first kappa shape index (κ1) is 17.7. The van der Waals surface area contributed by atoms with Gasteiger partial charge < -0.3 is 10.6 Å². The predicted molar refractivity (Wildman–Crippen MR) is 89.9 cm³/mol. The van der Waals surface area contributed by atoms with E-state index in [4.69, 9.17) is 11.6 Å². The lowest BCUT2D eigenvalue weighted by molar-refractivity contribution is -0.385. The molecule has 2 N–H and O–H groups in total. The highest BCUT2D eigenvalue weighted by molar-refractivity contribution is 6.34. The second-order valence-electron chi connectivity index (χ2n) is 5.79. The SMILES string of the molecule is O=C(NCCNC1CCCCCC1)c1c(Cl)cccc1[N+](=O)[O-]. The van der Waals surface area contributed by atoms with Crippen LogP contribution < -0.4 is 10.6 Å². The molecule has 1 aliphatic carbocycles. The van der Waals surface area contributed by atoms with Crippen LogP contribution in [0, 0.1) is 10.1 Å². The minimum absolute atomic E-state index is 0.0753. The number of rotatable bonds is 6. The molecule has 1 amide bonds. The van der Waals surface area contributed by atoms with Crippen LogP contribution in [0.2, 0.25) is 5.02 Å². The molecule has 1 aliphatic rings. The van der Waals surface area contributed by atoms with Crippen molar-refractivity contribution < 1.29 is 9.72 Å². The Morgan fingerprint density at radius 2 is 1.91 bits per heavy atom. The van der Waals surface area contributed by atoms with Crippen molar-refractivity contribution in [3.8, 4) is 0 Å². The summed E-state index contributed by atoms with van der Waals surface area (Å²) in [6, 6.07) is 4.73. The lowest BCUT2D eigenvalue weighted by Gasteiger charge is -2.16. The lowest BCUT2D eigenvalue weighted by Crippen LogP contribution is -2.37. The first-order chi connectivity index (χ1) is 11.1. The summed E-state index contributed by atoms with van der Waals surface area (Å²) >= 11 is 5.94. The van der Waals surface area contributed by atoms with Gasteiger partial charge in [0.05, 0.1) is 9.95 Å². The molecule has 0 aromatic heterocycles. The molecule has 0 saturated heterocycles. The predicted octanol–water partition coefficient (Wildman–Crippen LogP) is 3.29. The first-order valence-electron chi connectivity index (χ1n) is 8.04. The number of nitrogens with zero attached hydrogens (tertiary/aromatic N) is 1. The maximum atomic E-state index is 12.2. The van der Waals surface area contributed by atoms with E-state index in [1.807, 2.05) is 0 Å². The van der Waals surface area contributed by atoms with Crippen molar-refractivity contribution in [1.29, 1.82) is 0 Å². The largest absolute Gasteiger partial charge is 0.350 e. The Balaban J connectivity index is 1.84. The van der Waals surface area contributed by atoms with E-state index >= 15 is 0 Å². The Kier molecular flexibility index (Phi) is 6.80. The third kappa shape index (κ3) is 5.18. The lowest BCUT2D eigenvalue weighted by atomic mass is 10.1. The number of carbonyl (C=O) groups is 1. The smallest absolute Gasteiger partial charge is 0.283 e. The molecule has 1 aromatic carbocycles. The van der Waals surface area contributed by atoms with Crippen molar-refractivity contribution in [2.24, 2.45) is 0 Å². The van der Waals surface area contributed by atoms with Crippen LogP contribution >= 0.6 is 11.6 Å². The molecule has 1 aromatic rings. The standard InChI is InChI=1S/C16H22ClN3O3/c17-13-8-5-9-14(20(22)23)15(13)16(21)19-11-10-18-12-6-3-1-2-4-7-12/h5,8-9,12,18H,1-4,6-7,10-11H2,(H,19,21). The summed E-state index contributed by atoms with van der Waals surface area (Å²) < 4.78 is 0. The third-order valence-corrected chi connectivity index (χ3v) is 4.43. The van der Waals surface area contributed by atoms with Gasteiger partial charge in [-0.2, -0.15) is 0 Å². The zero-order valence-electron chi connectivity index (χ0n) is 13.0. The van der Waals surface area contributed by atoms with Crippen molar-refractivity contribution >= 4 is 23.2 Å². The summed E-state index contributed by atoms with van der Waals surface area (Å²) in [5, 5.41) is 17.2. The molecule has 0 unspecified atom stereocenters. The molecule has 0 aliphatic heterocycles. The van der Waals surface area contributed by atoms with Crippen LogP contribution in [0.25, 0.3) is 0 Å². The minimum atomic E-state index is -0.593. The van der Waals surface area contributed by atoms with E-state index in [0.29, 0.717) is 19.1 Å². The Bertz CT molecular complexity index is 558. The summed E-state index contributed by atoms with van der Waals surface area (Å²) in [5.41, 5.74) is -0.347. The molecule has 0 spiro atoms. The van der Waals surface area contributed by atoms with Crippen molar-refractivity contribution in [2.45, 2.75) is 44.6 Å². The number of nitro groups is 1. The number of nitrogens with one attached hydrogen (secondary N) is 2. The van der Waals surface area contributed by atoms with Gasteiger partial charge in [-0.15, -0.1) is 0 Å². The van der Waals surface area contributed by atoms with E-state index in [1.165, 1.54) is 56.7 Å². The van der Waals surface area contributed by atoms with Crippen molar-refractivity contribution in [1.82, 2.24) is 10.6 Å². The van der Waals surface area contributed by atoms with Gasteiger partial charge in [0.25, 0.3) is 11.6 Å². The summed E-state index contributed by atoms with van der Waals surface area (Å²) in [5.74, 6) is -0.509. The van der Waals surface area contributed by atoms with E-state index in [0.717, 1.165) is 0 Å². The number of hydrogen-bond acceptors (Lipinski definition) is 4. The molecule has 7 heteroatoms. The highest BCUT2D eigenvalue weighted by Gasteiger charge is 2.22. The maximum absolute atomic E-state index is 12.2. The van der Waals surface area contributed by atoms with Gasteiger partial charge in [-0.05, 0) is 18.9 Å². The molecular formula is C16H22ClN3O3. The molecular weight excluding hydrogens is 318 g/mol. The first-order valence-corrected chi connectivity index (χ1v) is 8.42. The minimum Gasteiger partial charge on any atom is -0.350 e. The Morgan fingerprint density at radius 3 is 2.57 bits per heavy atom. The number of carbonyl (C=O) groups excluding carboxylic acids is 1. The zero-order chi connectivity index (χ0) is 16.7. The Labute approximate surface area is 140 Å². The van der Waals surface area contributed by atoms with Gasteiger partial charge in [-0.1, -0.05) is 43.4 Å². The third-order valence-electron chi connectivity index (χ3n) is 4.11. The molecule has 1 fully saturated rings. The molecule has 23 heavy (non-hydrogen) atoms. The van der Waals surface area contributed by atoms with Gasteiger partial charge in [0.2, 0.25) is 0 Å². The Hall–Kier alpha value is -1.66. The average molecular weight is 340 g/mol.